The summed E-state index contributed by atoms with van der Waals surface area (Å²) in [5.74, 6) is 4.99. The molecule has 0 unspecified atom stereocenters. The fraction of sp³-hybridized carbons (Fsp3) is 0.267. The monoisotopic (exact) mass is 289 g/mol. The van der Waals surface area contributed by atoms with E-state index in [4.69, 9.17) is 5.84 Å². The van der Waals surface area contributed by atoms with Crippen molar-refractivity contribution in [3.05, 3.63) is 57.8 Å². The maximum Gasteiger partial charge on any atom is 0.265 e. The van der Waals surface area contributed by atoms with Gasteiger partial charge in [-0.2, -0.15) is 0 Å². The van der Waals surface area contributed by atoms with Gasteiger partial charge < -0.3 is 0 Å². The van der Waals surface area contributed by atoms with Crippen LogP contribution in [0.25, 0.3) is 0 Å². The maximum absolute atomic E-state index is 11.8. The molecule has 2 rings (SSSR count). The highest BCUT2D eigenvalue weighted by Gasteiger charge is 2.12. The molecule has 0 bridgehead atoms. The van der Waals surface area contributed by atoms with E-state index in [0.717, 1.165) is 25.2 Å². The van der Waals surface area contributed by atoms with Crippen molar-refractivity contribution in [3.8, 4) is 0 Å². The lowest BCUT2D eigenvalue weighted by atomic mass is 10.1. The lowest BCUT2D eigenvalue weighted by Crippen LogP contribution is -2.32. The predicted octanol–water partition coefficient (Wildman–Crippen LogP) is 2.37. The fourth-order valence-electron chi connectivity index (χ4n) is 2.10. The predicted molar refractivity (Wildman–Crippen MR) is 82.2 cm³/mol. The largest absolute Gasteiger partial charge is 0.294 e. The van der Waals surface area contributed by atoms with Crippen molar-refractivity contribution >= 4 is 17.2 Å². The molecule has 0 fully saturated rings. The summed E-state index contributed by atoms with van der Waals surface area (Å²) in [7, 11) is 0. The van der Waals surface area contributed by atoms with Crippen LogP contribution in [0.3, 0.4) is 0 Å². The van der Waals surface area contributed by atoms with E-state index in [9.17, 15) is 4.79 Å². The quantitative estimate of drug-likeness (QED) is 0.487. The van der Waals surface area contributed by atoms with Crippen molar-refractivity contribution in [2.75, 3.05) is 6.54 Å². The molecule has 0 saturated carbocycles. The number of hydrogen-bond acceptors (Lipinski definition) is 4. The average molecular weight is 289 g/mol. The number of carbonyl (C=O) groups excluding carboxylic acids is 1. The van der Waals surface area contributed by atoms with Crippen LogP contribution < -0.4 is 11.3 Å². The van der Waals surface area contributed by atoms with Crippen LogP contribution in [-0.2, 0) is 13.1 Å². The van der Waals surface area contributed by atoms with Crippen LogP contribution in [0.1, 0.15) is 27.7 Å². The Morgan fingerprint density at radius 3 is 2.70 bits per heavy atom. The summed E-state index contributed by atoms with van der Waals surface area (Å²) in [5.41, 5.74) is 3.84. The minimum Gasteiger partial charge on any atom is -0.294 e. The molecule has 1 amide bonds. The zero-order valence-corrected chi connectivity index (χ0v) is 12.3. The molecule has 2 aromatic rings. The number of benzene rings is 1. The molecule has 0 atom stereocenters. The van der Waals surface area contributed by atoms with Crippen LogP contribution in [0.5, 0.6) is 0 Å². The number of rotatable bonds is 6. The Morgan fingerprint density at radius 2 is 2.05 bits per heavy atom. The highest BCUT2D eigenvalue weighted by atomic mass is 32.1. The van der Waals surface area contributed by atoms with Crippen LogP contribution in [0.2, 0.25) is 0 Å². The van der Waals surface area contributed by atoms with Crippen molar-refractivity contribution in [3.63, 3.8) is 0 Å². The van der Waals surface area contributed by atoms with Crippen molar-refractivity contribution < 1.29 is 4.79 Å². The molecule has 4 nitrogen and oxygen atoms in total. The molecule has 1 heterocycles. The van der Waals surface area contributed by atoms with E-state index in [1.165, 1.54) is 4.88 Å². The lowest BCUT2D eigenvalue weighted by molar-refractivity contribution is 0.0951. The van der Waals surface area contributed by atoms with E-state index in [0.29, 0.717) is 5.56 Å². The van der Waals surface area contributed by atoms with Gasteiger partial charge >= 0.3 is 0 Å². The molecule has 106 valence electrons. The number of nitrogen functional groups attached to an aromatic ring is 1. The Kier molecular flexibility index (Phi) is 5.29. The summed E-state index contributed by atoms with van der Waals surface area (Å²) < 4.78 is 0. The molecule has 0 aliphatic rings. The zero-order chi connectivity index (χ0) is 14.4. The number of nitrogens with zero attached hydrogens (tertiary/aromatic N) is 1. The average Bonchev–Trinajstić information content (AvgIpc) is 2.99. The van der Waals surface area contributed by atoms with Gasteiger partial charge in [0, 0.05) is 23.5 Å². The number of nitrogens with one attached hydrogen (secondary N) is 1. The Labute approximate surface area is 123 Å². The summed E-state index contributed by atoms with van der Waals surface area (Å²) in [6.45, 7) is 4.68. The summed E-state index contributed by atoms with van der Waals surface area (Å²) in [6.07, 6.45) is 0. The number of nitrogens with two attached hydrogens (primary N) is 1. The number of carbonyl (C=O) groups is 1. The van der Waals surface area contributed by atoms with Gasteiger partial charge in [-0.25, -0.2) is 5.84 Å². The second-order valence-electron chi connectivity index (χ2n) is 4.51. The third-order valence-corrected chi connectivity index (χ3v) is 4.05. The number of thiophene rings is 1. The van der Waals surface area contributed by atoms with E-state index in [-0.39, 0.29) is 5.91 Å². The molecule has 0 saturated heterocycles. The third-order valence-electron chi connectivity index (χ3n) is 3.19. The second kappa shape index (κ2) is 7.19. The van der Waals surface area contributed by atoms with E-state index < -0.39 is 0 Å². The van der Waals surface area contributed by atoms with E-state index in [2.05, 4.69) is 34.8 Å². The minimum absolute atomic E-state index is 0.243. The maximum atomic E-state index is 11.8. The Bertz CT molecular complexity index is 554. The third kappa shape index (κ3) is 3.66. The summed E-state index contributed by atoms with van der Waals surface area (Å²) in [4.78, 5) is 15.4. The highest BCUT2D eigenvalue weighted by Crippen LogP contribution is 2.16. The molecule has 0 spiro atoms. The molecular weight excluding hydrogens is 270 g/mol. The van der Waals surface area contributed by atoms with Gasteiger partial charge in [-0.15, -0.1) is 11.3 Å². The van der Waals surface area contributed by atoms with Gasteiger partial charge in [-0.05, 0) is 29.6 Å². The molecule has 0 radical (unpaired) electrons. The normalized spacial score (nSPS) is 10.8. The topological polar surface area (TPSA) is 58.4 Å². The molecule has 1 aromatic heterocycles. The van der Waals surface area contributed by atoms with Crippen LogP contribution in [0.15, 0.2) is 41.8 Å². The minimum atomic E-state index is -0.243. The molecule has 5 heteroatoms. The second-order valence-corrected chi connectivity index (χ2v) is 5.55. The van der Waals surface area contributed by atoms with Gasteiger partial charge in [0.1, 0.15) is 0 Å². The van der Waals surface area contributed by atoms with Gasteiger partial charge in [0.2, 0.25) is 0 Å². The van der Waals surface area contributed by atoms with Crippen molar-refractivity contribution in [2.24, 2.45) is 5.84 Å². The highest BCUT2D eigenvalue weighted by molar-refractivity contribution is 7.09. The van der Waals surface area contributed by atoms with E-state index in [1.807, 2.05) is 18.2 Å². The number of amides is 1. The van der Waals surface area contributed by atoms with Crippen molar-refractivity contribution in [2.45, 2.75) is 20.0 Å². The molecule has 0 aliphatic heterocycles. The van der Waals surface area contributed by atoms with Crippen molar-refractivity contribution in [1.82, 2.24) is 10.3 Å². The van der Waals surface area contributed by atoms with Crippen molar-refractivity contribution in [1.29, 1.82) is 0 Å². The van der Waals surface area contributed by atoms with Gasteiger partial charge in [-0.1, -0.05) is 31.2 Å². The van der Waals surface area contributed by atoms with E-state index >= 15 is 0 Å². The number of hydrazine groups is 1. The standard InChI is InChI=1S/C15H19N3OS/c1-2-18(11-13-7-5-9-20-13)10-12-6-3-4-8-14(12)15(19)17-16/h3-9H,2,10-11,16H2,1H3,(H,17,19). The first-order valence-corrected chi connectivity index (χ1v) is 7.46. The van der Waals surface area contributed by atoms with Gasteiger partial charge in [-0.3, -0.25) is 15.1 Å². The first-order valence-electron chi connectivity index (χ1n) is 6.58. The molecule has 1 aromatic carbocycles. The molecular formula is C15H19N3OS. The Balaban J connectivity index is 2.13. The zero-order valence-electron chi connectivity index (χ0n) is 11.5. The Morgan fingerprint density at radius 1 is 1.25 bits per heavy atom. The Hall–Kier alpha value is -1.69. The number of hydrogen-bond donors (Lipinski definition) is 2. The molecule has 0 aliphatic carbocycles. The van der Waals surface area contributed by atoms with Crippen LogP contribution in [-0.4, -0.2) is 17.4 Å². The van der Waals surface area contributed by atoms with Gasteiger partial charge in [0.05, 0.1) is 0 Å². The fourth-order valence-corrected chi connectivity index (χ4v) is 2.85. The van der Waals surface area contributed by atoms with Gasteiger partial charge in [0.25, 0.3) is 5.91 Å². The summed E-state index contributed by atoms with van der Waals surface area (Å²) in [5, 5.41) is 2.08. The lowest BCUT2D eigenvalue weighted by Gasteiger charge is -2.21. The van der Waals surface area contributed by atoms with Crippen LogP contribution in [0.4, 0.5) is 0 Å². The SMILES string of the molecule is CCN(Cc1cccs1)Cc1ccccc1C(=O)NN. The molecule has 20 heavy (non-hydrogen) atoms. The van der Waals surface area contributed by atoms with Crippen LogP contribution in [0, 0.1) is 0 Å². The molecule has 3 N–H and O–H groups in total. The first kappa shape index (κ1) is 14.7. The summed E-state index contributed by atoms with van der Waals surface area (Å²) >= 11 is 1.75. The summed E-state index contributed by atoms with van der Waals surface area (Å²) in [6, 6.07) is 11.8. The van der Waals surface area contributed by atoms with Gasteiger partial charge in [0.15, 0.2) is 0 Å². The smallest absolute Gasteiger partial charge is 0.265 e. The van der Waals surface area contributed by atoms with E-state index in [1.54, 1.807) is 17.4 Å². The first-order chi connectivity index (χ1) is 9.74. The van der Waals surface area contributed by atoms with Crippen LogP contribution >= 0.6 is 11.3 Å².